The summed E-state index contributed by atoms with van der Waals surface area (Å²) in [5.41, 5.74) is 2.91. The van der Waals surface area contributed by atoms with Crippen molar-refractivity contribution >= 4 is 10.8 Å². The minimum atomic E-state index is -0.750. The molecule has 41 heavy (non-hydrogen) atoms. The van der Waals surface area contributed by atoms with Crippen LogP contribution in [0.1, 0.15) is 69.4 Å². The number of aromatic hydroxyl groups is 2. The van der Waals surface area contributed by atoms with Gasteiger partial charge in [0.2, 0.25) is 0 Å². The van der Waals surface area contributed by atoms with Crippen molar-refractivity contribution in [3.05, 3.63) is 53.6 Å². The number of phenols is 2. The summed E-state index contributed by atoms with van der Waals surface area (Å²) >= 11 is 0. The molecular formula is C35H42O6. The highest BCUT2D eigenvalue weighted by atomic mass is 16.5. The monoisotopic (exact) mass is 558 g/mol. The number of methoxy groups -OCH3 is 1. The molecule has 6 heteroatoms. The lowest BCUT2D eigenvalue weighted by Gasteiger charge is -2.31. The summed E-state index contributed by atoms with van der Waals surface area (Å²) in [4.78, 5) is 0. The fourth-order valence-electron chi connectivity index (χ4n) is 7.07. The van der Waals surface area contributed by atoms with Crippen molar-refractivity contribution in [1.29, 1.82) is 0 Å². The van der Waals surface area contributed by atoms with Crippen molar-refractivity contribution in [3.63, 3.8) is 0 Å². The molecule has 5 rings (SSSR count). The van der Waals surface area contributed by atoms with Crippen molar-refractivity contribution in [1.82, 2.24) is 0 Å². The molecule has 0 spiro atoms. The Kier molecular flexibility index (Phi) is 8.79. The molecule has 2 bridgehead atoms. The van der Waals surface area contributed by atoms with E-state index in [2.05, 4.69) is 18.8 Å². The summed E-state index contributed by atoms with van der Waals surface area (Å²) in [7, 11) is 1.50. The summed E-state index contributed by atoms with van der Waals surface area (Å²) in [6.07, 6.45) is 6.09. The van der Waals surface area contributed by atoms with Crippen LogP contribution < -0.4 is 4.74 Å². The third kappa shape index (κ3) is 5.90. The van der Waals surface area contributed by atoms with E-state index in [1.807, 2.05) is 24.3 Å². The van der Waals surface area contributed by atoms with Gasteiger partial charge in [-0.15, -0.1) is 5.92 Å². The zero-order valence-electron chi connectivity index (χ0n) is 24.1. The van der Waals surface area contributed by atoms with Crippen LogP contribution in [0.2, 0.25) is 0 Å². The van der Waals surface area contributed by atoms with E-state index in [-0.39, 0.29) is 35.4 Å². The second-order valence-electron chi connectivity index (χ2n) is 11.9. The van der Waals surface area contributed by atoms with Crippen LogP contribution in [0.15, 0.2) is 42.5 Å². The number of hydrogen-bond donors (Lipinski definition) is 5. The molecule has 218 valence electrons. The van der Waals surface area contributed by atoms with E-state index < -0.39 is 12.2 Å². The number of benzene rings is 3. The Morgan fingerprint density at radius 1 is 1.02 bits per heavy atom. The molecule has 2 aliphatic carbocycles. The van der Waals surface area contributed by atoms with Gasteiger partial charge in [-0.2, -0.15) is 0 Å². The molecule has 5 N–H and O–H groups in total. The Hall–Kier alpha value is -3.24. The van der Waals surface area contributed by atoms with E-state index in [4.69, 9.17) is 4.74 Å². The number of aliphatic hydroxyl groups excluding tert-OH is 3. The van der Waals surface area contributed by atoms with E-state index in [9.17, 15) is 25.5 Å². The molecule has 3 aromatic carbocycles. The minimum absolute atomic E-state index is 0.0137. The lowest BCUT2D eigenvalue weighted by molar-refractivity contribution is -0.0231. The Bertz CT molecular complexity index is 1450. The van der Waals surface area contributed by atoms with Crippen molar-refractivity contribution in [2.75, 3.05) is 7.11 Å². The quantitative estimate of drug-likeness (QED) is 0.215. The summed E-state index contributed by atoms with van der Waals surface area (Å²) in [5.74, 6) is 7.19. The van der Waals surface area contributed by atoms with E-state index in [0.717, 1.165) is 60.4 Å². The predicted molar refractivity (Wildman–Crippen MR) is 161 cm³/mol. The van der Waals surface area contributed by atoms with Crippen molar-refractivity contribution in [2.45, 2.75) is 83.5 Å². The van der Waals surface area contributed by atoms with E-state index in [1.165, 1.54) is 7.11 Å². The molecule has 3 aromatic rings. The number of aliphatic hydroxyl groups is 3. The van der Waals surface area contributed by atoms with Gasteiger partial charge in [-0.25, -0.2) is 0 Å². The number of ether oxygens (including phenoxy) is 1. The maximum Gasteiger partial charge on any atom is 0.168 e. The summed E-state index contributed by atoms with van der Waals surface area (Å²) in [6.45, 7) is 1.97. The van der Waals surface area contributed by atoms with Gasteiger partial charge in [0.15, 0.2) is 11.5 Å². The molecule has 0 saturated heterocycles. The SMILES string of the molecule is CC[C@@]12C#CC[C@H]([C@H](O)CCc3ccc(O)c(OC)c3-c3cc4ccc(O)cc4cc3CO)[C@@H](O)[C@@H](CCC1)CC2. The normalized spacial score (nSPS) is 25.0. The van der Waals surface area contributed by atoms with Gasteiger partial charge < -0.3 is 30.3 Å². The third-order valence-electron chi connectivity index (χ3n) is 9.63. The molecule has 1 fully saturated rings. The van der Waals surface area contributed by atoms with E-state index in [1.54, 1.807) is 18.2 Å². The van der Waals surface area contributed by atoms with Gasteiger partial charge in [-0.1, -0.05) is 31.4 Å². The first-order chi connectivity index (χ1) is 19.8. The van der Waals surface area contributed by atoms with Crippen LogP contribution in [0.25, 0.3) is 21.9 Å². The highest BCUT2D eigenvalue weighted by Crippen LogP contribution is 2.45. The maximum absolute atomic E-state index is 11.5. The zero-order chi connectivity index (χ0) is 29.1. The van der Waals surface area contributed by atoms with Gasteiger partial charge in [-0.05, 0) is 109 Å². The molecule has 0 radical (unpaired) electrons. The lowest BCUT2D eigenvalue weighted by atomic mass is 9.78. The van der Waals surface area contributed by atoms with Gasteiger partial charge in [0, 0.05) is 23.3 Å². The lowest BCUT2D eigenvalue weighted by Crippen LogP contribution is -2.37. The maximum atomic E-state index is 11.5. The van der Waals surface area contributed by atoms with Gasteiger partial charge >= 0.3 is 0 Å². The number of aryl methyl sites for hydroxylation is 1. The molecule has 0 aliphatic heterocycles. The highest BCUT2D eigenvalue weighted by Gasteiger charge is 2.38. The van der Waals surface area contributed by atoms with Gasteiger partial charge in [0.1, 0.15) is 5.75 Å². The Balaban J connectivity index is 1.47. The molecule has 0 unspecified atom stereocenters. The van der Waals surface area contributed by atoms with Crippen molar-refractivity contribution in [3.8, 4) is 40.2 Å². The molecule has 2 aliphatic rings. The van der Waals surface area contributed by atoms with Crippen LogP contribution in [0.3, 0.4) is 0 Å². The number of hydrogen-bond acceptors (Lipinski definition) is 6. The standard InChI is InChI=1S/C35H42O6/c1-3-35-15-4-6-23(14-17-35)33(40)28(7-5-16-35)30(38)12-9-22-10-13-31(39)34(41-2)32(22)29-20-24-8-11-27(37)19-25(24)18-26(29)21-36/h8,10-11,13,18-20,23,28,30,33,36-40H,3-4,6-7,9,12,14-15,17,21H2,1-2H3/t23-,28+,30+,33-,35-/m0/s1. The largest absolute Gasteiger partial charge is 0.508 e. The second kappa shape index (κ2) is 12.3. The number of phenolic OH excluding ortho intramolecular Hbond substituents is 2. The molecule has 0 aromatic heterocycles. The van der Waals surface area contributed by atoms with Gasteiger partial charge in [0.25, 0.3) is 0 Å². The van der Waals surface area contributed by atoms with Crippen LogP contribution >= 0.6 is 0 Å². The van der Waals surface area contributed by atoms with Crippen LogP contribution in [-0.4, -0.2) is 44.9 Å². The Labute approximate surface area is 242 Å². The van der Waals surface area contributed by atoms with E-state index >= 15 is 0 Å². The summed E-state index contributed by atoms with van der Waals surface area (Å²) in [5, 5.41) is 55.5. The van der Waals surface area contributed by atoms with Crippen molar-refractivity contribution in [2.24, 2.45) is 17.3 Å². The number of rotatable bonds is 8. The van der Waals surface area contributed by atoms with Crippen LogP contribution in [0.4, 0.5) is 0 Å². The fraction of sp³-hybridized carbons (Fsp3) is 0.486. The van der Waals surface area contributed by atoms with Gasteiger partial charge in [0.05, 0.1) is 25.9 Å². The average molecular weight is 559 g/mol. The highest BCUT2D eigenvalue weighted by molar-refractivity contribution is 5.92. The first-order valence-electron chi connectivity index (χ1n) is 14.9. The van der Waals surface area contributed by atoms with Gasteiger partial charge in [-0.3, -0.25) is 0 Å². The molecular weight excluding hydrogens is 516 g/mol. The molecule has 1 saturated carbocycles. The molecule has 6 nitrogen and oxygen atoms in total. The zero-order valence-corrected chi connectivity index (χ0v) is 24.1. The average Bonchev–Trinajstić information content (AvgIpc) is 3.17. The Morgan fingerprint density at radius 3 is 2.61 bits per heavy atom. The third-order valence-corrected chi connectivity index (χ3v) is 9.63. The smallest absolute Gasteiger partial charge is 0.168 e. The Morgan fingerprint density at radius 2 is 1.85 bits per heavy atom. The number of fused-ring (bicyclic) bond motifs is 4. The first-order valence-corrected chi connectivity index (χ1v) is 14.9. The summed E-state index contributed by atoms with van der Waals surface area (Å²) in [6, 6.07) is 12.3. The first kappa shape index (κ1) is 29.3. The fourth-order valence-corrected chi connectivity index (χ4v) is 7.07. The minimum Gasteiger partial charge on any atom is -0.508 e. The van der Waals surface area contributed by atoms with E-state index in [0.29, 0.717) is 36.1 Å². The summed E-state index contributed by atoms with van der Waals surface area (Å²) < 4.78 is 5.66. The topological polar surface area (TPSA) is 110 Å². The second-order valence-corrected chi connectivity index (χ2v) is 11.9. The molecule has 0 amide bonds. The van der Waals surface area contributed by atoms with Crippen molar-refractivity contribution < 1.29 is 30.3 Å². The molecule has 0 heterocycles. The molecule has 5 atom stereocenters. The van der Waals surface area contributed by atoms with Crippen LogP contribution in [0, 0.1) is 29.1 Å². The van der Waals surface area contributed by atoms with Crippen LogP contribution in [0.5, 0.6) is 17.2 Å². The van der Waals surface area contributed by atoms with Crippen LogP contribution in [-0.2, 0) is 13.0 Å². The predicted octanol–water partition coefficient (Wildman–Crippen LogP) is 6.07.